The summed E-state index contributed by atoms with van der Waals surface area (Å²) >= 11 is 6.35. The van der Waals surface area contributed by atoms with Crippen molar-refractivity contribution in [2.75, 3.05) is 6.54 Å². The highest BCUT2D eigenvalue weighted by Gasteiger charge is 2.29. The third-order valence-corrected chi connectivity index (χ3v) is 8.26. The lowest BCUT2D eigenvalue weighted by atomic mass is 10.1. The first kappa shape index (κ1) is 20.2. The highest BCUT2D eigenvalue weighted by molar-refractivity contribution is 6.90. The van der Waals surface area contributed by atoms with Crippen LogP contribution < -0.4 is 10.5 Å². The van der Waals surface area contributed by atoms with E-state index in [0.717, 1.165) is 0 Å². The molecule has 1 rings (SSSR count). The normalized spacial score (nSPS) is 11.5. The fourth-order valence-corrected chi connectivity index (χ4v) is 6.26. The monoisotopic (exact) mass is 353 g/mol. The van der Waals surface area contributed by atoms with Crippen LogP contribution in [0, 0.1) is 0 Å². The number of halogens is 1. The molecule has 0 aliphatic rings. The lowest BCUT2D eigenvalue weighted by Gasteiger charge is -2.26. The van der Waals surface area contributed by atoms with E-state index >= 15 is 0 Å². The van der Waals surface area contributed by atoms with E-state index in [-0.39, 0.29) is 5.91 Å². The van der Waals surface area contributed by atoms with Gasteiger partial charge < -0.3 is 5.32 Å². The summed E-state index contributed by atoms with van der Waals surface area (Å²) in [6, 6.07) is 7.13. The van der Waals surface area contributed by atoms with E-state index in [2.05, 4.69) is 31.4 Å². The third-order valence-electron chi connectivity index (χ3n) is 4.46. The largest absolute Gasteiger partial charge is 0.352 e. The predicted octanol–water partition coefficient (Wildman–Crippen LogP) is 5.37. The van der Waals surface area contributed by atoms with Crippen LogP contribution in [0.25, 0.3) is 0 Å². The van der Waals surface area contributed by atoms with Gasteiger partial charge in [0.1, 0.15) is 0 Å². The fourth-order valence-electron chi connectivity index (χ4n) is 3.05. The molecule has 0 saturated heterocycles. The van der Waals surface area contributed by atoms with Crippen LogP contribution in [0.2, 0.25) is 24.2 Å². The molecular formula is C19H32ClNOSi. The first-order chi connectivity index (χ1) is 10.9. The number of hydrogen-bond acceptors (Lipinski definition) is 1. The fraction of sp³-hybridized carbons (Fsp3) is 0.632. The average molecular weight is 354 g/mol. The number of carbonyl (C=O) groups is 1. The van der Waals surface area contributed by atoms with E-state index in [1.807, 2.05) is 19.1 Å². The minimum absolute atomic E-state index is 0.0309. The van der Waals surface area contributed by atoms with Crippen LogP contribution in [-0.2, 0) is 0 Å². The summed E-state index contributed by atoms with van der Waals surface area (Å²) in [6.07, 6.45) is 7.86. The molecule has 1 aromatic carbocycles. The van der Waals surface area contributed by atoms with Gasteiger partial charge in [-0.25, -0.2) is 0 Å². The maximum absolute atomic E-state index is 12.4. The zero-order valence-electron chi connectivity index (χ0n) is 15.2. The highest BCUT2D eigenvalue weighted by atomic mass is 35.5. The first-order valence-corrected chi connectivity index (χ1v) is 12.6. The minimum atomic E-state index is -1.66. The Hall–Kier alpha value is -0.803. The summed E-state index contributed by atoms with van der Waals surface area (Å²) in [5.41, 5.74) is 0.707. The van der Waals surface area contributed by atoms with Gasteiger partial charge in [0.15, 0.2) is 0 Å². The van der Waals surface area contributed by atoms with Crippen LogP contribution in [0.3, 0.4) is 0 Å². The number of rotatable bonds is 10. The summed E-state index contributed by atoms with van der Waals surface area (Å²) in [6.45, 7) is 9.52. The van der Waals surface area contributed by atoms with Crippen LogP contribution in [0.5, 0.6) is 0 Å². The molecule has 0 saturated carbocycles. The van der Waals surface area contributed by atoms with Crippen LogP contribution in [-0.4, -0.2) is 20.5 Å². The van der Waals surface area contributed by atoms with E-state index in [9.17, 15) is 4.79 Å². The molecule has 0 aliphatic heterocycles. The molecule has 0 fully saturated rings. The van der Waals surface area contributed by atoms with Gasteiger partial charge in [-0.05, 0) is 18.2 Å². The minimum Gasteiger partial charge on any atom is -0.352 e. The second-order valence-corrected chi connectivity index (χ2v) is 12.1. The van der Waals surface area contributed by atoms with Gasteiger partial charge in [0.05, 0.1) is 18.7 Å². The Labute approximate surface area is 148 Å². The molecule has 130 valence electrons. The summed E-state index contributed by atoms with van der Waals surface area (Å²) in [7, 11) is -1.66. The molecule has 0 aromatic heterocycles. The molecule has 2 nitrogen and oxygen atoms in total. The van der Waals surface area contributed by atoms with Gasteiger partial charge in [-0.2, -0.15) is 0 Å². The Balaban J connectivity index is 2.78. The number of hydrogen-bond donors (Lipinski definition) is 1. The third kappa shape index (κ3) is 6.31. The van der Waals surface area contributed by atoms with Gasteiger partial charge >= 0.3 is 0 Å². The van der Waals surface area contributed by atoms with E-state index in [0.29, 0.717) is 17.1 Å². The maximum Gasteiger partial charge on any atom is 0.252 e. The predicted molar refractivity (Wildman–Crippen MR) is 105 cm³/mol. The van der Waals surface area contributed by atoms with Gasteiger partial charge in [0, 0.05) is 6.54 Å². The molecule has 0 radical (unpaired) electrons. The van der Waals surface area contributed by atoms with Crippen LogP contribution in [0.4, 0.5) is 0 Å². The van der Waals surface area contributed by atoms with Crippen LogP contribution in [0.1, 0.15) is 62.7 Å². The summed E-state index contributed by atoms with van der Waals surface area (Å²) in [5, 5.41) is 4.68. The molecule has 0 aliphatic carbocycles. The summed E-state index contributed by atoms with van der Waals surface area (Å²) < 4.78 is 0. The van der Waals surface area contributed by atoms with Gasteiger partial charge in [0.2, 0.25) is 0 Å². The molecule has 1 aromatic rings. The van der Waals surface area contributed by atoms with Crippen molar-refractivity contribution >= 4 is 30.8 Å². The topological polar surface area (TPSA) is 29.1 Å². The van der Waals surface area contributed by atoms with Crippen molar-refractivity contribution in [1.29, 1.82) is 0 Å². The van der Waals surface area contributed by atoms with Crippen molar-refractivity contribution in [3.63, 3.8) is 0 Å². The van der Waals surface area contributed by atoms with E-state index in [1.165, 1.54) is 49.8 Å². The number of amides is 1. The average Bonchev–Trinajstić information content (AvgIpc) is 2.50. The van der Waals surface area contributed by atoms with Crippen LogP contribution >= 0.6 is 11.6 Å². The standard InChI is InChI=1S/C19H32ClNOSi/c1-5-7-8-9-10-11-15-23(3,4)17-14-12-13-16(20)18(17)19(22)21-6-2/h12-14H,5-11,15H2,1-4H3,(H,21,22). The molecule has 1 N–H and O–H groups in total. The molecule has 0 bridgehead atoms. The van der Waals surface area contributed by atoms with E-state index in [4.69, 9.17) is 11.6 Å². The smallest absolute Gasteiger partial charge is 0.252 e. The number of benzene rings is 1. The quantitative estimate of drug-likeness (QED) is 0.445. The number of carbonyl (C=O) groups excluding carboxylic acids is 1. The van der Waals surface area contributed by atoms with Crippen molar-refractivity contribution in [2.45, 2.75) is 71.5 Å². The molecule has 0 spiro atoms. The lowest BCUT2D eigenvalue weighted by Crippen LogP contribution is -2.46. The van der Waals surface area contributed by atoms with Crippen LogP contribution in [0.15, 0.2) is 18.2 Å². The Morgan fingerprint density at radius 3 is 2.39 bits per heavy atom. The van der Waals surface area contributed by atoms with Gasteiger partial charge in [-0.3, -0.25) is 4.79 Å². The Morgan fingerprint density at radius 1 is 1.09 bits per heavy atom. The Kier molecular flexibility index (Phi) is 8.93. The zero-order chi connectivity index (χ0) is 17.3. The number of unbranched alkanes of at least 4 members (excludes halogenated alkanes) is 5. The first-order valence-electron chi connectivity index (χ1n) is 9.01. The second kappa shape index (κ2) is 10.1. The summed E-state index contributed by atoms with van der Waals surface area (Å²) in [4.78, 5) is 12.4. The molecule has 0 heterocycles. The summed E-state index contributed by atoms with van der Waals surface area (Å²) in [5.74, 6) is -0.0309. The number of nitrogens with one attached hydrogen (secondary N) is 1. The molecule has 0 unspecified atom stereocenters. The molecule has 23 heavy (non-hydrogen) atoms. The van der Waals surface area contributed by atoms with E-state index in [1.54, 1.807) is 0 Å². The van der Waals surface area contributed by atoms with Crippen molar-refractivity contribution < 1.29 is 4.79 Å². The molecule has 0 atom stereocenters. The van der Waals surface area contributed by atoms with Gasteiger partial charge in [-0.15, -0.1) is 0 Å². The Bertz CT molecular complexity index is 502. The van der Waals surface area contributed by atoms with Crippen molar-refractivity contribution in [3.05, 3.63) is 28.8 Å². The zero-order valence-corrected chi connectivity index (χ0v) is 16.9. The van der Waals surface area contributed by atoms with E-state index < -0.39 is 8.07 Å². The van der Waals surface area contributed by atoms with Gasteiger partial charge in [-0.1, -0.05) is 88.3 Å². The lowest BCUT2D eigenvalue weighted by molar-refractivity contribution is 0.0957. The highest BCUT2D eigenvalue weighted by Crippen LogP contribution is 2.22. The Morgan fingerprint density at radius 2 is 1.74 bits per heavy atom. The van der Waals surface area contributed by atoms with Crippen molar-refractivity contribution in [3.8, 4) is 0 Å². The SMILES string of the molecule is CCCCCCCC[Si](C)(C)c1cccc(Cl)c1C(=O)NCC. The maximum atomic E-state index is 12.4. The van der Waals surface area contributed by atoms with Crippen molar-refractivity contribution in [1.82, 2.24) is 5.32 Å². The second-order valence-electron chi connectivity index (χ2n) is 6.92. The van der Waals surface area contributed by atoms with Crippen molar-refractivity contribution in [2.24, 2.45) is 0 Å². The molecular weight excluding hydrogens is 322 g/mol. The molecule has 4 heteroatoms. The molecule has 1 amide bonds. The van der Waals surface area contributed by atoms with Gasteiger partial charge in [0.25, 0.3) is 5.91 Å².